The molecule has 1 unspecified atom stereocenters. The highest BCUT2D eigenvalue weighted by Gasteiger charge is 2.28. The molecule has 1 aliphatic heterocycles. The van der Waals surface area contributed by atoms with E-state index < -0.39 is 9.84 Å². The molecule has 1 N–H and O–H groups in total. The highest BCUT2D eigenvalue weighted by atomic mass is 35.5. The van der Waals surface area contributed by atoms with Crippen molar-refractivity contribution in [3.05, 3.63) is 23.2 Å². The van der Waals surface area contributed by atoms with Crippen molar-refractivity contribution in [1.82, 2.24) is 0 Å². The maximum atomic E-state index is 11.4. The number of rotatable bonds is 3. The Balaban J connectivity index is 2.21. The number of benzene rings is 1. The van der Waals surface area contributed by atoms with E-state index in [-0.39, 0.29) is 17.5 Å². The highest BCUT2D eigenvalue weighted by molar-refractivity contribution is 7.91. The molecule has 4 nitrogen and oxygen atoms in total. The summed E-state index contributed by atoms with van der Waals surface area (Å²) < 4.78 is 22.9. The second-order valence-electron chi connectivity index (χ2n) is 4.80. The van der Waals surface area contributed by atoms with E-state index in [2.05, 4.69) is 5.32 Å². The fourth-order valence-corrected chi connectivity index (χ4v) is 3.99. The summed E-state index contributed by atoms with van der Waals surface area (Å²) >= 11 is 5.99. The Bertz CT molecular complexity index is 543. The van der Waals surface area contributed by atoms with Gasteiger partial charge in [0.25, 0.3) is 0 Å². The average molecular weight is 289 g/mol. The monoisotopic (exact) mass is 288 g/mol. The molecule has 1 fully saturated rings. The zero-order valence-electron chi connectivity index (χ0n) is 10.5. The zero-order chi connectivity index (χ0) is 13.3. The van der Waals surface area contributed by atoms with Crippen LogP contribution in [-0.2, 0) is 9.84 Å². The molecule has 1 saturated heterocycles. The van der Waals surface area contributed by atoms with Crippen molar-refractivity contribution in [3.63, 3.8) is 0 Å². The molecule has 6 heteroatoms. The van der Waals surface area contributed by atoms with Crippen LogP contribution in [0.15, 0.2) is 18.2 Å². The predicted octanol–water partition coefficient (Wildman–Crippen LogP) is 2.00. The summed E-state index contributed by atoms with van der Waals surface area (Å²) in [6.45, 7) is 0. The number of hydrogen-bond donors (Lipinski definition) is 1. The van der Waals surface area contributed by atoms with Crippen LogP contribution in [0, 0.1) is 0 Å². The first-order valence-electron chi connectivity index (χ1n) is 5.81. The van der Waals surface area contributed by atoms with Crippen molar-refractivity contribution in [1.29, 1.82) is 0 Å². The van der Waals surface area contributed by atoms with Crippen LogP contribution in [0.1, 0.15) is 6.42 Å². The van der Waals surface area contributed by atoms with E-state index in [0.29, 0.717) is 11.4 Å². The van der Waals surface area contributed by atoms with Gasteiger partial charge in [-0.05, 0) is 24.6 Å². The molecule has 18 heavy (non-hydrogen) atoms. The molecule has 0 amide bonds. The predicted molar refractivity (Wildman–Crippen MR) is 76.5 cm³/mol. The number of nitrogens with one attached hydrogen (secondary N) is 1. The van der Waals surface area contributed by atoms with Crippen molar-refractivity contribution in [3.8, 4) is 0 Å². The summed E-state index contributed by atoms with van der Waals surface area (Å²) in [5.41, 5.74) is 1.89. The van der Waals surface area contributed by atoms with E-state index in [1.54, 1.807) is 0 Å². The maximum absolute atomic E-state index is 11.4. The summed E-state index contributed by atoms with van der Waals surface area (Å²) in [7, 11) is 1.02. The molecule has 1 aliphatic rings. The van der Waals surface area contributed by atoms with E-state index in [4.69, 9.17) is 11.6 Å². The summed E-state index contributed by atoms with van der Waals surface area (Å²) in [6.07, 6.45) is 0.654. The molecule has 0 radical (unpaired) electrons. The highest BCUT2D eigenvalue weighted by Crippen LogP contribution is 2.29. The van der Waals surface area contributed by atoms with Crippen LogP contribution in [0.2, 0.25) is 5.02 Å². The third kappa shape index (κ3) is 3.09. The minimum absolute atomic E-state index is 0.0211. The summed E-state index contributed by atoms with van der Waals surface area (Å²) in [5.74, 6) is 0.467. The van der Waals surface area contributed by atoms with E-state index in [0.717, 1.165) is 11.4 Å². The van der Waals surface area contributed by atoms with E-state index >= 15 is 0 Å². The summed E-state index contributed by atoms with van der Waals surface area (Å²) in [5, 5.41) is 3.92. The van der Waals surface area contributed by atoms with Crippen LogP contribution >= 0.6 is 11.6 Å². The third-order valence-electron chi connectivity index (χ3n) is 3.03. The Hall–Kier alpha value is -0.940. The lowest BCUT2D eigenvalue weighted by Crippen LogP contribution is -2.22. The minimum Gasteiger partial charge on any atom is -0.380 e. The summed E-state index contributed by atoms with van der Waals surface area (Å²) in [4.78, 5) is 1.97. The minimum atomic E-state index is -2.87. The number of anilines is 2. The first-order valence-corrected chi connectivity index (χ1v) is 8.01. The fourth-order valence-electron chi connectivity index (χ4n) is 2.14. The van der Waals surface area contributed by atoms with Crippen molar-refractivity contribution in [2.75, 3.05) is 35.8 Å². The average Bonchev–Trinajstić information content (AvgIpc) is 2.57. The molecule has 0 aliphatic carbocycles. The Labute approximate surface area is 113 Å². The van der Waals surface area contributed by atoms with Gasteiger partial charge < -0.3 is 10.2 Å². The van der Waals surface area contributed by atoms with Gasteiger partial charge in [0, 0.05) is 25.2 Å². The molecule has 1 aromatic carbocycles. The molecule has 100 valence electrons. The first-order chi connectivity index (χ1) is 8.37. The Morgan fingerprint density at radius 1 is 1.39 bits per heavy atom. The largest absolute Gasteiger partial charge is 0.380 e. The zero-order valence-corrected chi connectivity index (χ0v) is 12.1. The first kappa shape index (κ1) is 13.5. The Kier molecular flexibility index (Phi) is 3.73. The summed E-state index contributed by atoms with van der Waals surface area (Å²) in [6, 6.07) is 5.57. The van der Waals surface area contributed by atoms with Crippen molar-refractivity contribution in [2.45, 2.75) is 12.5 Å². The van der Waals surface area contributed by atoms with Gasteiger partial charge in [-0.2, -0.15) is 0 Å². The Morgan fingerprint density at radius 3 is 2.67 bits per heavy atom. The van der Waals surface area contributed by atoms with Crippen molar-refractivity contribution >= 4 is 32.8 Å². The lowest BCUT2D eigenvalue weighted by Gasteiger charge is -2.21. The van der Waals surface area contributed by atoms with Crippen LogP contribution in [0.5, 0.6) is 0 Å². The standard InChI is InChI=1S/C12H17ClN2O2S/c1-15(2)12-4-3-9(13)7-11(12)14-10-5-6-18(16,17)8-10/h3-4,7,10,14H,5-6,8H2,1-2H3. The third-order valence-corrected chi connectivity index (χ3v) is 5.04. The van der Waals surface area contributed by atoms with Gasteiger partial charge in [-0.25, -0.2) is 8.42 Å². The van der Waals surface area contributed by atoms with Crippen LogP contribution in [0.4, 0.5) is 11.4 Å². The quantitative estimate of drug-likeness (QED) is 0.924. The number of halogens is 1. The number of sulfone groups is 1. The van der Waals surface area contributed by atoms with E-state index in [9.17, 15) is 8.42 Å². The molecule has 0 bridgehead atoms. The normalized spacial score (nSPS) is 21.8. The molecular formula is C12H17ClN2O2S. The fraction of sp³-hybridized carbons (Fsp3) is 0.500. The number of hydrogen-bond acceptors (Lipinski definition) is 4. The topological polar surface area (TPSA) is 49.4 Å². The van der Waals surface area contributed by atoms with E-state index in [1.807, 2.05) is 37.2 Å². The van der Waals surface area contributed by atoms with Crippen LogP contribution in [0.25, 0.3) is 0 Å². The second kappa shape index (κ2) is 4.97. The molecule has 1 aromatic rings. The molecule has 1 heterocycles. The second-order valence-corrected chi connectivity index (χ2v) is 7.47. The van der Waals surface area contributed by atoms with Crippen LogP contribution in [-0.4, -0.2) is 40.1 Å². The van der Waals surface area contributed by atoms with Gasteiger partial charge in [-0.15, -0.1) is 0 Å². The lowest BCUT2D eigenvalue weighted by atomic mass is 10.2. The van der Waals surface area contributed by atoms with Gasteiger partial charge in [0.1, 0.15) is 0 Å². The van der Waals surface area contributed by atoms with Gasteiger partial charge in [-0.3, -0.25) is 0 Å². The smallest absolute Gasteiger partial charge is 0.152 e. The molecular weight excluding hydrogens is 272 g/mol. The van der Waals surface area contributed by atoms with Crippen molar-refractivity contribution in [2.24, 2.45) is 0 Å². The SMILES string of the molecule is CN(C)c1ccc(Cl)cc1NC1CCS(=O)(=O)C1. The van der Waals surface area contributed by atoms with Gasteiger partial charge in [-0.1, -0.05) is 11.6 Å². The maximum Gasteiger partial charge on any atom is 0.152 e. The van der Waals surface area contributed by atoms with Crippen molar-refractivity contribution < 1.29 is 8.42 Å². The molecule has 0 aromatic heterocycles. The molecule has 0 saturated carbocycles. The number of nitrogens with zero attached hydrogens (tertiary/aromatic N) is 1. The van der Waals surface area contributed by atoms with Crippen LogP contribution in [0.3, 0.4) is 0 Å². The molecule has 0 spiro atoms. The Morgan fingerprint density at radius 2 is 2.11 bits per heavy atom. The lowest BCUT2D eigenvalue weighted by molar-refractivity contribution is 0.602. The van der Waals surface area contributed by atoms with Gasteiger partial charge in [0.05, 0.1) is 22.9 Å². The van der Waals surface area contributed by atoms with Crippen LogP contribution < -0.4 is 10.2 Å². The van der Waals surface area contributed by atoms with E-state index in [1.165, 1.54) is 0 Å². The van der Waals surface area contributed by atoms with Gasteiger partial charge in [0.2, 0.25) is 0 Å². The van der Waals surface area contributed by atoms with Gasteiger partial charge in [0.15, 0.2) is 9.84 Å². The molecule has 1 atom stereocenters. The molecule has 2 rings (SSSR count). The van der Waals surface area contributed by atoms with Gasteiger partial charge >= 0.3 is 0 Å².